The second kappa shape index (κ2) is 8.67. The predicted octanol–water partition coefficient (Wildman–Crippen LogP) is 4.66. The molecule has 2 heterocycles. The molecule has 0 unspecified atom stereocenters. The van der Waals surface area contributed by atoms with Crippen molar-refractivity contribution in [3.05, 3.63) is 60.4 Å². The van der Waals surface area contributed by atoms with Crippen molar-refractivity contribution in [2.75, 3.05) is 23.3 Å². The lowest BCUT2D eigenvalue weighted by atomic mass is 10.0. The van der Waals surface area contributed by atoms with Crippen LogP contribution in [0.1, 0.15) is 43.5 Å². The van der Waals surface area contributed by atoms with Gasteiger partial charge < -0.3 is 10.2 Å². The Morgan fingerprint density at radius 2 is 1.74 bits per heavy atom. The Hall–Kier alpha value is -2.93. The van der Waals surface area contributed by atoms with Crippen molar-refractivity contribution in [3.8, 4) is 0 Å². The quantitative estimate of drug-likeness (QED) is 0.628. The zero-order valence-electron chi connectivity index (χ0n) is 17.8. The van der Waals surface area contributed by atoms with E-state index in [9.17, 15) is 13.2 Å². The molecule has 0 atom stereocenters. The van der Waals surface area contributed by atoms with Crippen molar-refractivity contribution in [1.29, 1.82) is 0 Å². The van der Waals surface area contributed by atoms with Crippen LogP contribution < -0.4 is 10.2 Å². The first-order valence-corrected chi connectivity index (χ1v) is 12.2. The molecule has 7 heteroatoms. The molecule has 1 saturated heterocycles. The number of nitrogens with one attached hydrogen (secondary N) is 1. The second-order valence-corrected chi connectivity index (χ2v) is 10.6. The molecule has 3 aromatic rings. The third kappa shape index (κ3) is 4.14. The number of nitrogens with zero attached hydrogens (tertiary/aromatic N) is 2. The van der Waals surface area contributed by atoms with Crippen LogP contribution in [0.2, 0.25) is 0 Å². The number of hydrogen-bond acceptors (Lipinski definition) is 5. The van der Waals surface area contributed by atoms with Crippen molar-refractivity contribution in [1.82, 2.24) is 4.98 Å². The van der Waals surface area contributed by atoms with Gasteiger partial charge in [0.1, 0.15) is 0 Å². The van der Waals surface area contributed by atoms with Crippen LogP contribution in [0.3, 0.4) is 0 Å². The Morgan fingerprint density at radius 1 is 1.00 bits per heavy atom. The van der Waals surface area contributed by atoms with Gasteiger partial charge in [-0.15, -0.1) is 0 Å². The number of piperidine rings is 1. The summed E-state index contributed by atoms with van der Waals surface area (Å²) in [5.41, 5.74) is 1.90. The van der Waals surface area contributed by atoms with Gasteiger partial charge in [0, 0.05) is 41.9 Å². The number of benzene rings is 2. The average Bonchev–Trinajstić information content (AvgIpc) is 2.79. The van der Waals surface area contributed by atoms with Crippen LogP contribution in [0, 0.1) is 0 Å². The van der Waals surface area contributed by atoms with E-state index in [4.69, 9.17) is 0 Å². The highest BCUT2D eigenvalue weighted by Gasteiger charge is 2.25. The molecule has 1 amide bonds. The molecule has 1 aliphatic heterocycles. The number of carbonyl (C=O) groups is 1. The largest absolute Gasteiger partial charge is 0.371 e. The molecule has 1 aromatic heterocycles. The summed E-state index contributed by atoms with van der Waals surface area (Å²) >= 11 is 0. The van der Waals surface area contributed by atoms with Crippen molar-refractivity contribution < 1.29 is 13.2 Å². The molecule has 162 valence electrons. The van der Waals surface area contributed by atoms with Gasteiger partial charge in [0.15, 0.2) is 9.84 Å². The van der Waals surface area contributed by atoms with E-state index in [-0.39, 0.29) is 10.5 Å². The van der Waals surface area contributed by atoms with Crippen molar-refractivity contribution in [2.45, 2.75) is 43.3 Å². The number of rotatable bonds is 5. The van der Waals surface area contributed by atoms with Gasteiger partial charge in [-0.05, 0) is 63.4 Å². The summed E-state index contributed by atoms with van der Waals surface area (Å²) in [6.45, 7) is 5.26. The molecule has 0 saturated carbocycles. The molecule has 1 aliphatic rings. The summed E-state index contributed by atoms with van der Waals surface area (Å²) in [5.74, 6) is -0.448. The molecule has 31 heavy (non-hydrogen) atoms. The first-order chi connectivity index (χ1) is 14.9. The molecule has 0 aliphatic carbocycles. The Morgan fingerprint density at radius 3 is 2.48 bits per heavy atom. The molecule has 1 fully saturated rings. The lowest BCUT2D eigenvalue weighted by molar-refractivity contribution is 0.102. The van der Waals surface area contributed by atoms with E-state index >= 15 is 0 Å². The molecule has 0 spiro atoms. The highest BCUT2D eigenvalue weighted by Crippen LogP contribution is 2.33. The molecule has 0 bridgehead atoms. The minimum Gasteiger partial charge on any atom is -0.371 e. The van der Waals surface area contributed by atoms with Gasteiger partial charge in [-0.1, -0.05) is 12.1 Å². The number of aromatic nitrogens is 1. The summed E-state index contributed by atoms with van der Waals surface area (Å²) in [4.78, 5) is 19.8. The monoisotopic (exact) mass is 437 g/mol. The normalized spacial score (nSPS) is 14.7. The number of pyridine rings is 1. The maximum Gasteiger partial charge on any atom is 0.257 e. The first kappa shape index (κ1) is 21.3. The minimum atomic E-state index is -3.59. The van der Waals surface area contributed by atoms with E-state index in [1.165, 1.54) is 25.3 Å². The smallest absolute Gasteiger partial charge is 0.257 e. The molecule has 0 radical (unpaired) electrons. The lowest BCUT2D eigenvalue weighted by Crippen LogP contribution is -2.29. The van der Waals surface area contributed by atoms with Crippen LogP contribution in [-0.2, 0) is 9.84 Å². The van der Waals surface area contributed by atoms with Gasteiger partial charge in [-0.2, -0.15) is 0 Å². The summed E-state index contributed by atoms with van der Waals surface area (Å²) in [7, 11) is -3.59. The topological polar surface area (TPSA) is 79.4 Å². The Kier molecular flexibility index (Phi) is 5.96. The van der Waals surface area contributed by atoms with Crippen molar-refractivity contribution in [2.24, 2.45) is 0 Å². The fraction of sp³-hybridized carbons (Fsp3) is 0.333. The molecular weight excluding hydrogens is 410 g/mol. The van der Waals surface area contributed by atoms with Crippen LogP contribution in [0.15, 0.2) is 59.8 Å². The zero-order valence-corrected chi connectivity index (χ0v) is 18.7. The summed E-state index contributed by atoms with van der Waals surface area (Å²) in [6.07, 6.45) is 7.10. The van der Waals surface area contributed by atoms with E-state index in [0.717, 1.165) is 29.5 Å². The van der Waals surface area contributed by atoms with Crippen molar-refractivity contribution >= 4 is 37.9 Å². The maximum absolute atomic E-state index is 13.1. The molecule has 4 rings (SSSR count). The fourth-order valence-corrected chi connectivity index (χ4v) is 5.28. The average molecular weight is 438 g/mol. The SMILES string of the molecule is CC(C)S(=O)(=O)c1ccccc1C(=O)Nc1ccc(N2CCCCC2)c2ccncc12. The van der Waals surface area contributed by atoms with Crippen molar-refractivity contribution in [3.63, 3.8) is 0 Å². The number of sulfone groups is 1. The number of amides is 1. The molecule has 6 nitrogen and oxygen atoms in total. The van der Waals surface area contributed by atoms with Crippen LogP contribution in [0.5, 0.6) is 0 Å². The Balaban J connectivity index is 1.72. The number of anilines is 2. The van der Waals surface area contributed by atoms with Gasteiger partial charge in [-0.25, -0.2) is 8.42 Å². The highest BCUT2D eigenvalue weighted by molar-refractivity contribution is 7.92. The summed E-state index contributed by atoms with van der Waals surface area (Å²) < 4.78 is 25.5. The summed E-state index contributed by atoms with van der Waals surface area (Å²) in [5, 5.41) is 4.17. The Bertz CT molecular complexity index is 1220. The second-order valence-electron chi connectivity index (χ2n) is 8.15. The van der Waals surface area contributed by atoms with Crippen LogP contribution in [-0.4, -0.2) is 37.6 Å². The van der Waals surface area contributed by atoms with Gasteiger partial charge in [-0.3, -0.25) is 9.78 Å². The standard InChI is InChI=1S/C24H27N3O3S/c1-17(2)31(29,30)23-9-5-4-8-19(23)24(28)26-21-10-11-22(27-14-6-3-7-15-27)18-12-13-25-16-20(18)21/h4-5,8-13,16-17H,3,6-7,14-15H2,1-2H3,(H,26,28). The summed E-state index contributed by atoms with van der Waals surface area (Å²) in [6, 6.07) is 12.2. The first-order valence-electron chi connectivity index (χ1n) is 10.7. The number of fused-ring (bicyclic) bond motifs is 1. The lowest BCUT2D eigenvalue weighted by Gasteiger charge is -2.30. The molecule has 2 aromatic carbocycles. The fourth-order valence-electron chi connectivity index (χ4n) is 4.04. The van der Waals surface area contributed by atoms with Gasteiger partial charge in [0.25, 0.3) is 5.91 Å². The van der Waals surface area contributed by atoms with Gasteiger partial charge in [0.05, 0.1) is 21.4 Å². The molecule has 1 N–H and O–H groups in total. The molecular formula is C24H27N3O3S. The van der Waals surface area contributed by atoms with Crippen LogP contribution >= 0.6 is 0 Å². The van der Waals surface area contributed by atoms with Gasteiger partial charge >= 0.3 is 0 Å². The predicted molar refractivity (Wildman–Crippen MR) is 125 cm³/mol. The van der Waals surface area contributed by atoms with E-state index in [0.29, 0.717) is 5.69 Å². The van der Waals surface area contributed by atoms with Crippen LogP contribution in [0.4, 0.5) is 11.4 Å². The minimum absolute atomic E-state index is 0.0508. The number of hydrogen-bond donors (Lipinski definition) is 1. The van der Waals surface area contributed by atoms with E-state index in [2.05, 4.69) is 15.2 Å². The highest BCUT2D eigenvalue weighted by atomic mass is 32.2. The van der Waals surface area contributed by atoms with E-state index < -0.39 is 21.0 Å². The zero-order chi connectivity index (χ0) is 22.0. The number of carbonyl (C=O) groups excluding carboxylic acids is 1. The van der Waals surface area contributed by atoms with E-state index in [1.54, 1.807) is 44.4 Å². The maximum atomic E-state index is 13.1. The third-order valence-corrected chi connectivity index (χ3v) is 8.01. The third-order valence-electron chi connectivity index (χ3n) is 5.80. The van der Waals surface area contributed by atoms with Gasteiger partial charge in [0.2, 0.25) is 0 Å². The Labute approximate surface area is 183 Å². The van der Waals surface area contributed by atoms with Crippen LogP contribution in [0.25, 0.3) is 10.8 Å². The van der Waals surface area contributed by atoms with E-state index in [1.807, 2.05) is 18.2 Å².